The highest BCUT2D eigenvalue weighted by molar-refractivity contribution is 7.93. The van der Waals surface area contributed by atoms with Gasteiger partial charge in [0.05, 0.1) is 4.90 Å². The van der Waals surface area contributed by atoms with Crippen LogP contribution in [0.4, 0.5) is 9.52 Å². The van der Waals surface area contributed by atoms with Crippen LogP contribution in [-0.2, 0) is 10.0 Å². The highest BCUT2D eigenvalue weighted by Crippen LogP contribution is 2.15. The Morgan fingerprint density at radius 3 is 2.50 bits per heavy atom. The zero-order valence-corrected chi connectivity index (χ0v) is 9.29. The number of halogens is 1. The summed E-state index contributed by atoms with van der Waals surface area (Å²) in [5.41, 5.74) is 0. The van der Waals surface area contributed by atoms with Crippen molar-refractivity contribution in [3.63, 3.8) is 0 Å². The van der Waals surface area contributed by atoms with Gasteiger partial charge in [0.15, 0.2) is 0 Å². The summed E-state index contributed by atoms with van der Waals surface area (Å²) in [4.78, 5) is -0.0518. The van der Waals surface area contributed by atoms with Crippen LogP contribution in [0.5, 0.6) is 0 Å². The maximum atomic E-state index is 12.6. The number of nitrogens with one attached hydrogen (secondary N) is 1. The molecule has 0 aliphatic carbocycles. The van der Waals surface area contributed by atoms with Gasteiger partial charge in [0.25, 0.3) is 10.0 Å². The van der Waals surface area contributed by atoms with E-state index < -0.39 is 15.8 Å². The van der Waals surface area contributed by atoms with Gasteiger partial charge in [-0.25, -0.2) is 12.8 Å². The molecule has 16 heavy (non-hydrogen) atoms. The predicted molar refractivity (Wildman–Crippen MR) is 54.9 cm³/mol. The quantitative estimate of drug-likeness (QED) is 0.885. The molecule has 0 amide bonds. The van der Waals surface area contributed by atoms with Crippen molar-refractivity contribution in [2.75, 3.05) is 4.72 Å². The van der Waals surface area contributed by atoms with E-state index in [1.54, 1.807) is 0 Å². The Bertz CT molecular complexity index is 567. The molecule has 0 radical (unpaired) electrons. The molecule has 0 unspecified atom stereocenters. The van der Waals surface area contributed by atoms with E-state index in [9.17, 15) is 12.8 Å². The van der Waals surface area contributed by atoms with Crippen LogP contribution in [0.25, 0.3) is 0 Å². The molecule has 2 aromatic rings. The van der Waals surface area contributed by atoms with Crippen LogP contribution in [0.1, 0.15) is 0 Å². The van der Waals surface area contributed by atoms with Gasteiger partial charge in [-0.1, -0.05) is 9.59 Å². The van der Waals surface area contributed by atoms with Crippen LogP contribution < -0.4 is 4.72 Å². The fourth-order valence-corrected chi connectivity index (χ4v) is 2.55. The van der Waals surface area contributed by atoms with E-state index in [-0.39, 0.29) is 10.0 Å². The first kappa shape index (κ1) is 10.9. The molecule has 2 rings (SSSR count). The molecule has 1 heterocycles. The molecule has 1 N–H and O–H groups in total. The number of benzene rings is 1. The van der Waals surface area contributed by atoms with Crippen LogP contribution in [0, 0.1) is 5.82 Å². The van der Waals surface area contributed by atoms with Crippen molar-refractivity contribution < 1.29 is 12.8 Å². The molecule has 1 aromatic carbocycles. The summed E-state index contributed by atoms with van der Waals surface area (Å²) in [7, 11) is -3.75. The summed E-state index contributed by atoms with van der Waals surface area (Å²) in [6.45, 7) is 0. The Morgan fingerprint density at radius 2 is 1.94 bits per heavy atom. The van der Waals surface area contributed by atoms with Crippen LogP contribution in [0.15, 0.2) is 29.2 Å². The molecule has 1 aromatic heterocycles. The number of aromatic nitrogens is 3. The van der Waals surface area contributed by atoms with Crippen molar-refractivity contribution in [1.29, 1.82) is 0 Å². The highest BCUT2D eigenvalue weighted by atomic mass is 32.2. The monoisotopic (exact) mass is 260 g/mol. The lowest BCUT2D eigenvalue weighted by atomic mass is 10.4. The van der Waals surface area contributed by atoms with Crippen molar-refractivity contribution in [3.05, 3.63) is 30.1 Å². The molecular formula is C7H5FN4O2S2. The van der Waals surface area contributed by atoms with Gasteiger partial charge in [0, 0.05) is 11.5 Å². The Labute approximate surface area is 94.3 Å². The number of rotatable bonds is 3. The van der Waals surface area contributed by atoms with Gasteiger partial charge in [-0.3, -0.25) is 4.72 Å². The number of nitrogens with zero attached hydrogens (tertiary/aromatic N) is 3. The van der Waals surface area contributed by atoms with Crippen LogP contribution in [-0.4, -0.2) is 23.2 Å². The fraction of sp³-hybridized carbons (Fsp3) is 0. The minimum atomic E-state index is -3.75. The molecule has 0 fully saturated rings. The normalized spacial score (nSPS) is 11.3. The molecule has 6 nitrogen and oxygen atoms in total. The zero-order valence-electron chi connectivity index (χ0n) is 7.66. The van der Waals surface area contributed by atoms with Gasteiger partial charge in [-0.05, 0) is 29.5 Å². The van der Waals surface area contributed by atoms with Crippen molar-refractivity contribution in [2.24, 2.45) is 0 Å². The first-order valence-corrected chi connectivity index (χ1v) is 6.27. The summed E-state index contributed by atoms with van der Waals surface area (Å²) in [6, 6.07) is 4.44. The van der Waals surface area contributed by atoms with Crippen molar-refractivity contribution in [1.82, 2.24) is 14.8 Å². The Morgan fingerprint density at radius 1 is 1.25 bits per heavy atom. The van der Waals surface area contributed by atoms with E-state index in [4.69, 9.17) is 0 Å². The zero-order chi connectivity index (χ0) is 11.6. The largest absolute Gasteiger partial charge is 0.263 e. The van der Waals surface area contributed by atoms with E-state index in [0.29, 0.717) is 0 Å². The van der Waals surface area contributed by atoms with Gasteiger partial charge in [-0.15, -0.1) is 0 Å². The van der Waals surface area contributed by atoms with Gasteiger partial charge in [0.1, 0.15) is 5.82 Å². The maximum absolute atomic E-state index is 12.6. The van der Waals surface area contributed by atoms with Gasteiger partial charge in [-0.2, -0.15) is 0 Å². The molecule has 0 aliphatic heterocycles. The van der Waals surface area contributed by atoms with E-state index in [1.165, 1.54) is 0 Å². The second kappa shape index (κ2) is 4.10. The molecule has 0 saturated carbocycles. The lowest BCUT2D eigenvalue weighted by molar-refractivity contribution is 0.599. The second-order valence-electron chi connectivity index (χ2n) is 2.73. The Hall–Kier alpha value is -1.61. The third kappa shape index (κ3) is 2.31. The number of hydrogen-bond donors (Lipinski definition) is 1. The SMILES string of the molecule is O=S(=O)(Nc1nnns1)c1ccc(F)cc1. The van der Waals surface area contributed by atoms with Crippen LogP contribution >= 0.6 is 11.5 Å². The van der Waals surface area contributed by atoms with E-state index >= 15 is 0 Å². The smallest absolute Gasteiger partial charge is 0.252 e. The number of hydrogen-bond acceptors (Lipinski definition) is 6. The molecule has 84 valence electrons. The standard InChI is InChI=1S/C7H5FN4O2S2/c8-5-1-3-6(4-2-5)16(13,14)10-7-9-11-12-15-7/h1-4H,(H,9,10,12). The summed E-state index contributed by atoms with van der Waals surface area (Å²) < 4.78 is 41.6. The van der Waals surface area contributed by atoms with Crippen LogP contribution in [0.3, 0.4) is 0 Å². The first-order chi connectivity index (χ1) is 7.58. The van der Waals surface area contributed by atoms with Crippen molar-refractivity contribution in [3.8, 4) is 0 Å². The summed E-state index contributed by atoms with van der Waals surface area (Å²) in [5, 5.41) is 6.74. The topological polar surface area (TPSA) is 84.8 Å². The summed E-state index contributed by atoms with van der Waals surface area (Å²) in [6.07, 6.45) is 0. The molecule has 0 spiro atoms. The fourth-order valence-electron chi connectivity index (χ4n) is 0.961. The lowest BCUT2D eigenvalue weighted by Gasteiger charge is -2.03. The Balaban J connectivity index is 2.29. The Kier molecular flexibility index (Phi) is 2.79. The third-order valence-electron chi connectivity index (χ3n) is 1.64. The summed E-state index contributed by atoms with van der Waals surface area (Å²) >= 11 is 0.811. The molecule has 0 atom stereocenters. The number of sulfonamides is 1. The van der Waals surface area contributed by atoms with E-state index in [1.807, 2.05) is 0 Å². The minimum Gasteiger partial charge on any atom is -0.252 e. The average Bonchev–Trinajstić information content (AvgIpc) is 2.70. The van der Waals surface area contributed by atoms with Crippen molar-refractivity contribution >= 4 is 26.7 Å². The molecule has 0 saturated heterocycles. The van der Waals surface area contributed by atoms with Crippen LogP contribution in [0.2, 0.25) is 0 Å². The van der Waals surface area contributed by atoms with Gasteiger partial charge >= 0.3 is 0 Å². The predicted octanol–water partition coefficient (Wildman–Crippen LogP) is 0.873. The second-order valence-corrected chi connectivity index (χ2v) is 5.14. The third-order valence-corrected chi connectivity index (χ3v) is 3.64. The molecule has 0 aliphatic rings. The van der Waals surface area contributed by atoms with E-state index in [0.717, 1.165) is 35.8 Å². The highest BCUT2D eigenvalue weighted by Gasteiger charge is 2.15. The summed E-state index contributed by atoms with van der Waals surface area (Å²) in [5.74, 6) is -0.503. The number of anilines is 1. The minimum absolute atomic E-state index is 0.0518. The molecule has 0 bridgehead atoms. The maximum Gasteiger partial charge on any atom is 0.263 e. The van der Waals surface area contributed by atoms with Gasteiger partial charge in [0.2, 0.25) is 5.13 Å². The van der Waals surface area contributed by atoms with E-state index in [2.05, 4.69) is 19.5 Å². The first-order valence-electron chi connectivity index (χ1n) is 4.01. The average molecular weight is 260 g/mol. The molecule has 9 heteroatoms. The lowest BCUT2D eigenvalue weighted by Crippen LogP contribution is -2.12. The van der Waals surface area contributed by atoms with Gasteiger partial charge < -0.3 is 0 Å². The van der Waals surface area contributed by atoms with Crippen molar-refractivity contribution in [2.45, 2.75) is 4.90 Å². The molecular weight excluding hydrogens is 255 g/mol.